The van der Waals surface area contributed by atoms with E-state index in [1.165, 1.54) is 0 Å². The van der Waals surface area contributed by atoms with Crippen LogP contribution in [0.2, 0.25) is 0 Å². The number of rotatable bonds is 11. The number of urea groups is 1. The smallest absolute Gasteiger partial charge is 0.319 e. The van der Waals surface area contributed by atoms with Crippen molar-refractivity contribution in [1.82, 2.24) is 14.9 Å². The molecule has 0 atom stereocenters. The van der Waals surface area contributed by atoms with Gasteiger partial charge in [-0.25, -0.2) is 9.78 Å². The largest absolute Gasteiger partial charge is 0.497 e. The predicted molar refractivity (Wildman–Crippen MR) is 158 cm³/mol. The Morgan fingerprint density at radius 2 is 1.50 bits per heavy atom. The summed E-state index contributed by atoms with van der Waals surface area (Å²) in [5.74, 6) is 2.29. The molecule has 0 radical (unpaired) electrons. The van der Waals surface area contributed by atoms with Crippen molar-refractivity contribution >= 4 is 35.2 Å². The Bertz CT molecular complexity index is 1340. The Kier molecular flexibility index (Phi) is 9.62. The highest BCUT2D eigenvalue weighted by Gasteiger charge is 2.20. The minimum Gasteiger partial charge on any atom is -0.497 e. The van der Waals surface area contributed by atoms with Gasteiger partial charge in [0.25, 0.3) is 0 Å². The van der Waals surface area contributed by atoms with E-state index < -0.39 is 0 Å². The van der Waals surface area contributed by atoms with Crippen molar-refractivity contribution in [1.29, 1.82) is 0 Å². The first-order valence-electron chi connectivity index (χ1n) is 12.3. The third-order valence-electron chi connectivity index (χ3n) is 5.94. The monoisotopic (exact) mass is 548 g/mol. The zero-order valence-corrected chi connectivity index (χ0v) is 23.6. The Balaban J connectivity index is 1.50. The summed E-state index contributed by atoms with van der Waals surface area (Å²) in [6.45, 7) is 3.38. The topological polar surface area (TPSA) is 77.4 Å². The molecule has 3 aromatic carbocycles. The second-order valence-electron chi connectivity index (χ2n) is 8.25. The van der Waals surface area contributed by atoms with Crippen molar-refractivity contribution in [3.05, 3.63) is 72.8 Å². The van der Waals surface area contributed by atoms with Gasteiger partial charge in [0.05, 0.1) is 25.6 Å². The van der Waals surface area contributed by atoms with E-state index in [-0.39, 0.29) is 6.03 Å². The molecule has 38 heavy (non-hydrogen) atoms. The molecule has 4 aromatic rings. The first kappa shape index (κ1) is 27.5. The average molecular weight is 549 g/mol. The molecule has 198 valence electrons. The number of hydrogen-bond donors (Lipinski definition) is 2. The highest BCUT2D eigenvalue weighted by molar-refractivity contribution is 7.99. The number of hydrogen-bond acceptors (Lipinski definition) is 6. The maximum Gasteiger partial charge on any atom is 0.319 e. The Hall–Kier alpha value is -3.56. The van der Waals surface area contributed by atoms with Crippen molar-refractivity contribution in [2.24, 2.45) is 0 Å². The van der Waals surface area contributed by atoms with Crippen LogP contribution in [-0.4, -0.2) is 48.4 Å². The molecule has 0 fully saturated rings. The quantitative estimate of drug-likeness (QED) is 0.157. The number of amides is 2. The summed E-state index contributed by atoms with van der Waals surface area (Å²) < 4.78 is 12.9. The predicted octanol–water partition coefficient (Wildman–Crippen LogP) is 6.89. The lowest BCUT2D eigenvalue weighted by Crippen LogP contribution is -2.30. The molecule has 4 rings (SSSR count). The van der Waals surface area contributed by atoms with Gasteiger partial charge < -0.3 is 24.7 Å². The summed E-state index contributed by atoms with van der Waals surface area (Å²) >= 11 is 3.29. The molecule has 0 aliphatic heterocycles. The molecule has 0 bridgehead atoms. The van der Waals surface area contributed by atoms with Gasteiger partial charge in [-0.3, -0.25) is 0 Å². The van der Waals surface area contributed by atoms with E-state index in [4.69, 9.17) is 14.5 Å². The maximum absolute atomic E-state index is 12.4. The van der Waals surface area contributed by atoms with Crippen LogP contribution in [0.4, 0.5) is 10.5 Å². The molecule has 9 heteroatoms. The normalized spacial score (nSPS) is 10.7. The molecule has 0 aliphatic carbocycles. The number of thioether (sulfide) groups is 2. The van der Waals surface area contributed by atoms with Crippen LogP contribution < -0.4 is 20.1 Å². The third kappa shape index (κ3) is 6.65. The number of aromatic nitrogens is 2. The van der Waals surface area contributed by atoms with Crippen LogP contribution in [0.25, 0.3) is 22.5 Å². The van der Waals surface area contributed by atoms with Gasteiger partial charge >= 0.3 is 6.03 Å². The van der Waals surface area contributed by atoms with Gasteiger partial charge in [0, 0.05) is 40.6 Å². The number of methoxy groups -OCH3 is 2. The number of carbonyl (C=O) groups is 1. The lowest BCUT2D eigenvalue weighted by molar-refractivity contribution is 0.252. The Labute approximate surface area is 232 Å². The fourth-order valence-electron chi connectivity index (χ4n) is 3.98. The van der Waals surface area contributed by atoms with E-state index in [2.05, 4.69) is 34.3 Å². The van der Waals surface area contributed by atoms with Gasteiger partial charge in [-0.05, 0) is 86.0 Å². The van der Waals surface area contributed by atoms with E-state index in [0.717, 1.165) is 56.3 Å². The van der Waals surface area contributed by atoms with E-state index in [0.29, 0.717) is 12.3 Å². The van der Waals surface area contributed by atoms with Crippen molar-refractivity contribution in [2.75, 3.05) is 38.1 Å². The SMILES string of the molecule is CCn1c(SCCNC(=O)Nc2ccc(SC)cc2)nc(-c2ccc(OC)cc2)c1-c1ccc(OC)cc1. The van der Waals surface area contributed by atoms with Gasteiger partial charge in [0.15, 0.2) is 5.16 Å². The maximum atomic E-state index is 12.4. The highest BCUT2D eigenvalue weighted by atomic mass is 32.2. The first-order valence-corrected chi connectivity index (χ1v) is 14.5. The second kappa shape index (κ2) is 13.3. The van der Waals surface area contributed by atoms with E-state index in [1.54, 1.807) is 37.7 Å². The van der Waals surface area contributed by atoms with Crippen LogP contribution in [0.15, 0.2) is 82.8 Å². The summed E-state index contributed by atoms with van der Waals surface area (Å²) in [4.78, 5) is 18.6. The van der Waals surface area contributed by atoms with Gasteiger partial charge in [-0.15, -0.1) is 11.8 Å². The van der Waals surface area contributed by atoms with Crippen molar-refractivity contribution in [2.45, 2.75) is 23.5 Å². The fourth-order valence-corrected chi connectivity index (χ4v) is 5.31. The lowest BCUT2D eigenvalue weighted by atomic mass is 10.0. The van der Waals surface area contributed by atoms with Crippen LogP contribution in [0.5, 0.6) is 11.5 Å². The number of nitrogens with zero attached hydrogens (tertiary/aromatic N) is 2. The standard InChI is InChI=1S/C29H32N4O3S2/c1-5-33-27(21-8-14-24(36-3)15-9-21)26(20-6-12-23(35-2)13-7-20)32-29(33)38-19-18-30-28(34)31-22-10-16-25(37-4)17-11-22/h6-17H,5,18-19H2,1-4H3,(H2,30,31,34). The van der Waals surface area contributed by atoms with Crippen molar-refractivity contribution < 1.29 is 14.3 Å². The summed E-state index contributed by atoms with van der Waals surface area (Å²) in [6.07, 6.45) is 2.02. The molecule has 1 aromatic heterocycles. The van der Waals surface area contributed by atoms with Crippen LogP contribution in [0, 0.1) is 0 Å². The number of imidazole rings is 1. The average Bonchev–Trinajstić information content (AvgIpc) is 3.34. The number of nitrogens with one attached hydrogen (secondary N) is 2. The zero-order valence-electron chi connectivity index (χ0n) is 22.0. The minimum absolute atomic E-state index is 0.223. The minimum atomic E-state index is -0.223. The number of benzene rings is 3. The van der Waals surface area contributed by atoms with Gasteiger partial charge in [0.1, 0.15) is 11.5 Å². The van der Waals surface area contributed by atoms with Crippen molar-refractivity contribution in [3.63, 3.8) is 0 Å². The number of anilines is 1. The van der Waals surface area contributed by atoms with E-state index in [9.17, 15) is 4.79 Å². The third-order valence-corrected chi connectivity index (χ3v) is 7.66. The molecule has 0 aliphatic rings. The number of carbonyl (C=O) groups excluding carboxylic acids is 1. The van der Waals surface area contributed by atoms with E-state index >= 15 is 0 Å². The number of ether oxygens (including phenoxy) is 2. The fraction of sp³-hybridized carbons (Fsp3) is 0.241. The first-order chi connectivity index (χ1) is 18.6. The molecule has 7 nitrogen and oxygen atoms in total. The molecule has 0 saturated heterocycles. The molecular weight excluding hydrogens is 516 g/mol. The second-order valence-corrected chi connectivity index (χ2v) is 10.2. The summed E-state index contributed by atoms with van der Waals surface area (Å²) in [5, 5.41) is 6.72. The molecule has 2 N–H and O–H groups in total. The highest BCUT2D eigenvalue weighted by Crippen LogP contribution is 2.37. The molecular formula is C29H32N4O3S2. The van der Waals surface area contributed by atoms with Crippen LogP contribution in [-0.2, 0) is 6.54 Å². The van der Waals surface area contributed by atoms with Gasteiger partial charge in [-0.2, -0.15) is 0 Å². The van der Waals surface area contributed by atoms with E-state index in [1.807, 2.05) is 66.9 Å². The van der Waals surface area contributed by atoms with Crippen LogP contribution >= 0.6 is 23.5 Å². The summed E-state index contributed by atoms with van der Waals surface area (Å²) in [7, 11) is 3.33. The lowest BCUT2D eigenvalue weighted by Gasteiger charge is -2.12. The van der Waals surface area contributed by atoms with Crippen LogP contribution in [0.1, 0.15) is 6.92 Å². The van der Waals surface area contributed by atoms with Gasteiger partial charge in [0.2, 0.25) is 0 Å². The Morgan fingerprint density at radius 1 is 0.895 bits per heavy atom. The summed E-state index contributed by atoms with van der Waals surface area (Å²) in [6, 6.07) is 23.5. The molecule has 0 saturated carbocycles. The summed E-state index contributed by atoms with van der Waals surface area (Å²) in [5.41, 5.74) is 4.78. The molecule has 0 spiro atoms. The molecule has 0 unspecified atom stereocenters. The van der Waals surface area contributed by atoms with Gasteiger partial charge in [-0.1, -0.05) is 11.8 Å². The van der Waals surface area contributed by atoms with Crippen molar-refractivity contribution in [3.8, 4) is 34.0 Å². The Morgan fingerprint density at radius 3 is 2.05 bits per heavy atom. The molecule has 2 amide bonds. The van der Waals surface area contributed by atoms with Crippen LogP contribution in [0.3, 0.4) is 0 Å². The molecule has 1 heterocycles. The zero-order chi connectivity index (χ0) is 26.9.